The predicted octanol–water partition coefficient (Wildman–Crippen LogP) is 3.94. The highest BCUT2D eigenvalue weighted by Gasteiger charge is 2.36. The Morgan fingerprint density at radius 2 is 1.84 bits per heavy atom. The van der Waals surface area contributed by atoms with Gasteiger partial charge in [-0.25, -0.2) is 9.37 Å². The van der Waals surface area contributed by atoms with Crippen molar-refractivity contribution < 1.29 is 22.3 Å². The number of fused-ring (bicyclic) bond motifs is 1. The van der Waals surface area contributed by atoms with Crippen molar-refractivity contribution in [3.63, 3.8) is 0 Å². The molecule has 0 atom stereocenters. The standard InChI is InChI=1S/C19H17F4N7O/c1-18(2,3)11-8-14-26-27-15(10-6-4-5-7-12(10)20)30(14)29-16(11)31-9-13-24-17(28-25-13)19(21,22)23/h4-8H,9H2,1-3H3,(H,24,25,28). The number of aromatic nitrogens is 7. The maximum absolute atomic E-state index is 14.3. The normalized spacial score (nSPS) is 12.5. The molecule has 4 rings (SSSR count). The van der Waals surface area contributed by atoms with Gasteiger partial charge < -0.3 is 4.74 Å². The Kier molecular flexibility index (Phi) is 4.86. The highest BCUT2D eigenvalue weighted by atomic mass is 19.4. The molecule has 162 valence electrons. The molecule has 1 aromatic carbocycles. The Morgan fingerprint density at radius 3 is 2.48 bits per heavy atom. The molecule has 31 heavy (non-hydrogen) atoms. The number of aromatic amines is 1. The highest BCUT2D eigenvalue weighted by molar-refractivity contribution is 5.60. The van der Waals surface area contributed by atoms with Crippen molar-refractivity contribution in [3.05, 3.63) is 53.4 Å². The van der Waals surface area contributed by atoms with Crippen LogP contribution in [0, 0.1) is 5.82 Å². The zero-order valence-corrected chi connectivity index (χ0v) is 16.7. The molecule has 0 fully saturated rings. The van der Waals surface area contributed by atoms with Crippen LogP contribution in [0.5, 0.6) is 5.88 Å². The molecule has 12 heteroatoms. The van der Waals surface area contributed by atoms with Crippen molar-refractivity contribution in [1.29, 1.82) is 0 Å². The van der Waals surface area contributed by atoms with E-state index >= 15 is 0 Å². The zero-order valence-electron chi connectivity index (χ0n) is 16.7. The molecule has 0 aliphatic heterocycles. The van der Waals surface area contributed by atoms with E-state index in [4.69, 9.17) is 4.74 Å². The van der Waals surface area contributed by atoms with Gasteiger partial charge in [0.15, 0.2) is 17.3 Å². The molecule has 3 heterocycles. The minimum absolute atomic E-state index is 0.118. The van der Waals surface area contributed by atoms with E-state index in [1.54, 1.807) is 24.3 Å². The molecule has 4 aromatic rings. The van der Waals surface area contributed by atoms with Crippen molar-refractivity contribution in [2.75, 3.05) is 0 Å². The molecule has 0 radical (unpaired) electrons. The summed E-state index contributed by atoms with van der Waals surface area (Å²) in [5, 5.41) is 17.9. The molecular formula is C19H17F4N7O. The second-order valence-electron chi connectivity index (χ2n) is 7.78. The summed E-state index contributed by atoms with van der Waals surface area (Å²) >= 11 is 0. The third kappa shape index (κ3) is 4.05. The van der Waals surface area contributed by atoms with Crippen molar-refractivity contribution in [3.8, 4) is 17.3 Å². The van der Waals surface area contributed by atoms with E-state index in [1.165, 1.54) is 10.6 Å². The molecule has 1 N–H and O–H groups in total. The lowest BCUT2D eigenvalue weighted by atomic mass is 9.88. The summed E-state index contributed by atoms with van der Waals surface area (Å²) in [5.74, 6) is -1.61. The average molecular weight is 435 g/mol. The lowest BCUT2D eigenvalue weighted by Gasteiger charge is -2.21. The monoisotopic (exact) mass is 435 g/mol. The fourth-order valence-corrected chi connectivity index (χ4v) is 2.89. The van der Waals surface area contributed by atoms with Crippen LogP contribution in [0.1, 0.15) is 38.0 Å². The van der Waals surface area contributed by atoms with Crippen LogP contribution in [0.25, 0.3) is 17.0 Å². The fourth-order valence-electron chi connectivity index (χ4n) is 2.89. The van der Waals surface area contributed by atoms with Gasteiger partial charge in [0.1, 0.15) is 12.4 Å². The van der Waals surface area contributed by atoms with Gasteiger partial charge >= 0.3 is 6.18 Å². The Balaban J connectivity index is 1.74. The van der Waals surface area contributed by atoms with Crippen LogP contribution >= 0.6 is 0 Å². The molecule has 0 aliphatic carbocycles. The van der Waals surface area contributed by atoms with Crippen molar-refractivity contribution >= 4 is 5.65 Å². The number of halogens is 4. The maximum Gasteiger partial charge on any atom is 0.453 e. The SMILES string of the molecule is CC(C)(C)c1cc2nnc(-c3ccccc3F)n2nc1OCc1nc(C(F)(F)F)n[nH]1. The quantitative estimate of drug-likeness (QED) is 0.488. The molecule has 0 saturated carbocycles. The van der Waals surface area contributed by atoms with Crippen LogP contribution in [-0.4, -0.2) is 35.0 Å². The van der Waals surface area contributed by atoms with E-state index in [9.17, 15) is 17.6 Å². The number of benzene rings is 1. The summed E-state index contributed by atoms with van der Waals surface area (Å²) in [5.41, 5.74) is 0.770. The second kappa shape index (κ2) is 7.29. The smallest absolute Gasteiger partial charge is 0.453 e. The summed E-state index contributed by atoms with van der Waals surface area (Å²) in [6.45, 7) is 5.41. The molecule has 0 saturated heterocycles. The number of nitrogens with zero attached hydrogens (tertiary/aromatic N) is 6. The van der Waals surface area contributed by atoms with Crippen LogP contribution in [-0.2, 0) is 18.2 Å². The molecule has 0 unspecified atom stereocenters. The molecular weight excluding hydrogens is 418 g/mol. The first kappa shape index (κ1) is 20.7. The van der Waals surface area contributed by atoms with Crippen molar-refractivity contribution in [1.82, 2.24) is 35.0 Å². The lowest BCUT2D eigenvalue weighted by Crippen LogP contribution is -2.16. The first-order valence-corrected chi connectivity index (χ1v) is 9.17. The topological polar surface area (TPSA) is 93.9 Å². The van der Waals surface area contributed by atoms with Crippen LogP contribution < -0.4 is 4.74 Å². The number of alkyl halides is 3. The summed E-state index contributed by atoms with van der Waals surface area (Å²) in [4.78, 5) is 3.39. The summed E-state index contributed by atoms with van der Waals surface area (Å²) in [7, 11) is 0. The average Bonchev–Trinajstić information content (AvgIpc) is 3.32. The van der Waals surface area contributed by atoms with Crippen LogP contribution in [0.15, 0.2) is 30.3 Å². The summed E-state index contributed by atoms with van der Waals surface area (Å²) < 4.78 is 59.4. The Bertz CT molecular complexity index is 1240. The molecule has 0 amide bonds. The Labute approximate surface area is 173 Å². The number of hydrogen-bond donors (Lipinski definition) is 1. The van der Waals surface area contributed by atoms with E-state index in [1.807, 2.05) is 20.8 Å². The van der Waals surface area contributed by atoms with Gasteiger partial charge in [-0.1, -0.05) is 32.9 Å². The number of H-pyrrole nitrogens is 1. The minimum Gasteiger partial charge on any atom is -0.468 e. The number of rotatable bonds is 4. The van der Waals surface area contributed by atoms with Crippen LogP contribution in [0.3, 0.4) is 0 Å². The van der Waals surface area contributed by atoms with Crippen LogP contribution in [0.2, 0.25) is 0 Å². The predicted molar refractivity (Wildman–Crippen MR) is 101 cm³/mol. The molecule has 0 bridgehead atoms. The molecule has 3 aromatic heterocycles. The molecule has 8 nitrogen and oxygen atoms in total. The fraction of sp³-hybridized carbons (Fsp3) is 0.316. The number of hydrogen-bond acceptors (Lipinski definition) is 6. The zero-order chi connectivity index (χ0) is 22.4. The largest absolute Gasteiger partial charge is 0.468 e. The molecule has 0 aliphatic rings. The van der Waals surface area contributed by atoms with E-state index in [-0.39, 0.29) is 29.7 Å². The third-order valence-corrected chi connectivity index (χ3v) is 4.41. The lowest BCUT2D eigenvalue weighted by molar-refractivity contribution is -0.144. The van der Waals surface area contributed by atoms with Gasteiger partial charge in [0, 0.05) is 5.56 Å². The first-order chi connectivity index (χ1) is 14.5. The number of nitrogens with one attached hydrogen (secondary N) is 1. The second-order valence-corrected chi connectivity index (χ2v) is 7.78. The summed E-state index contributed by atoms with van der Waals surface area (Å²) in [6, 6.07) is 7.73. The van der Waals surface area contributed by atoms with Crippen molar-refractivity contribution in [2.24, 2.45) is 0 Å². The van der Waals surface area contributed by atoms with Gasteiger partial charge in [0.2, 0.25) is 5.88 Å². The minimum atomic E-state index is -4.67. The number of ether oxygens (including phenoxy) is 1. The van der Waals surface area contributed by atoms with Gasteiger partial charge in [-0.3, -0.25) is 5.10 Å². The van der Waals surface area contributed by atoms with Gasteiger partial charge in [0.25, 0.3) is 5.82 Å². The third-order valence-electron chi connectivity index (χ3n) is 4.41. The molecule has 0 spiro atoms. The van der Waals surface area contributed by atoms with Gasteiger partial charge in [-0.15, -0.1) is 20.4 Å². The van der Waals surface area contributed by atoms with Crippen molar-refractivity contribution in [2.45, 2.75) is 39.0 Å². The van der Waals surface area contributed by atoms with E-state index < -0.39 is 23.2 Å². The van der Waals surface area contributed by atoms with E-state index in [0.717, 1.165) is 0 Å². The Hall–Kier alpha value is -3.57. The first-order valence-electron chi connectivity index (χ1n) is 9.17. The summed E-state index contributed by atoms with van der Waals surface area (Å²) in [6.07, 6.45) is -4.67. The van der Waals surface area contributed by atoms with E-state index in [2.05, 4.69) is 30.5 Å². The van der Waals surface area contributed by atoms with Gasteiger partial charge in [-0.2, -0.15) is 17.7 Å². The van der Waals surface area contributed by atoms with E-state index in [0.29, 0.717) is 11.2 Å². The van der Waals surface area contributed by atoms with Crippen LogP contribution in [0.4, 0.5) is 17.6 Å². The Morgan fingerprint density at radius 1 is 1.10 bits per heavy atom. The maximum atomic E-state index is 14.3. The van der Waals surface area contributed by atoms with Gasteiger partial charge in [0.05, 0.1) is 5.56 Å². The highest BCUT2D eigenvalue weighted by Crippen LogP contribution is 2.32. The van der Waals surface area contributed by atoms with Gasteiger partial charge in [-0.05, 0) is 23.6 Å².